The Morgan fingerprint density at radius 1 is 1.75 bits per heavy atom. The highest BCUT2D eigenvalue weighted by molar-refractivity contribution is 5.09. The molecule has 0 aliphatic carbocycles. The van der Waals surface area contributed by atoms with Gasteiger partial charge in [-0.25, -0.2) is 0 Å². The second-order valence-corrected chi connectivity index (χ2v) is 4.25. The number of aryl methyl sites for hydroxylation is 1. The average molecular weight is 224 g/mol. The maximum atomic E-state index is 5.66. The van der Waals surface area contributed by atoms with Crippen molar-refractivity contribution in [2.24, 2.45) is 11.8 Å². The van der Waals surface area contributed by atoms with Gasteiger partial charge in [0.1, 0.15) is 0 Å². The van der Waals surface area contributed by atoms with Gasteiger partial charge in [-0.15, -0.1) is 0 Å². The SMILES string of the molecule is CCCn1nccc1C(NN)C1CCOC1. The molecule has 2 atom stereocenters. The van der Waals surface area contributed by atoms with Crippen molar-refractivity contribution in [2.45, 2.75) is 32.4 Å². The summed E-state index contributed by atoms with van der Waals surface area (Å²) in [5.41, 5.74) is 4.07. The van der Waals surface area contributed by atoms with Crippen LogP contribution < -0.4 is 11.3 Å². The normalized spacial score (nSPS) is 22.5. The van der Waals surface area contributed by atoms with Gasteiger partial charge in [0, 0.05) is 25.3 Å². The molecule has 0 bridgehead atoms. The number of hydrogen-bond acceptors (Lipinski definition) is 4. The van der Waals surface area contributed by atoms with Gasteiger partial charge < -0.3 is 4.74 Å². The predicted octanol–water partition coefficient (Wildman–Crippen LogP) is 0.834. The zero-order chi connectivity index (χ0) is 11.4. The molecule has 5 nitrogen and oxygen atoms in total. The molecular formula is C11H20N4O. The van der Waals surface area contributed by atoms with Gasteiger partial charge in [0.05, 0.1) is 18.3 Å². The third-order valence-electron chi connectivity index (χ3n) is 3.12. The van der Waals surface area contributed by atoms with Crippen LogP contribution in [0.1, 0.15) is 31.5 Å². The van der Waals surface area contributed by atoms with Crippen LogP contribution in [-0.2, 0) is 11.3 Å². The van der Waals surface area contributed by atoms with Crippen molar-refractivity contribution in [3.63, 3.8) is 0 Å². The molecule has 5 heteroatoms. The number of ether oxygens (including phenoxy) is 1. The van der Waals surface area contributed by atoms with E-state index in [2.05, 4.69) is 17.4 Å². The number of hydrogen-bond donors (Lipinski definition) is 2. The van der Waals surface area contributed by atoms with E-state index in [-0.39, 0.29) is 6.04 Å². The van der Waals surface area contributed by atoms with Crippen LogP contribution in [0.4, 0.5) is 0 Å². The smallest absolute Gasteiger partial charge is 0.0679 e. The van der Waals surface area contributed by atoms with Crippen LogP contribution in [0.25, 0.3) is 0 Å². The first-order chi connectivity index (χ1) is 7.86. The zero-order valence-electron chi connectivity index (χ0n) is 9.72. The van der Waals surface area contributed by atoms with E-state index in [4.69, 9.17) is 10.6 Å². The summed E-state index contributed by atoms with van der Waals surface area (Å²) in [4.78, 5) is 0. The molecule has 1 aliphatic rings. The number of nitrogens with one attached hydrogen (secondary N) is 1. The van der Waals surface area contributed by atoms with Gasteiger partial charge in [0.25, 0.3) is 0 Å². The molecule has 2 rings (SSSR count). The molecule has 1 fully saturated rings. The minimum absolute atomic E-state index is 0.150. The number of nitrogens with two attached hydrogens (primary N) is 1. The largest absolute Gasteiger partial charge is 0.381 e. The Morgan fingerprint density at radius 2 is 2.62 bits per heavy atom. The molecule has 3 N–H and O–H groups in total. The van der Waals surface area contributed by atoms with Crippen LogP contribution in [-0.4, -0.2) is 23.0 Å². The highest BCUT2D eigenvalue weighted by Crippen LogP contribution is 2.27. The topological polar surface area (TPSA) is 65.1 Å². The van der Waals surface area contributed by atoms with E-state index in [1.165, 1.54) is 5.69 Å². The first-order valence-corrected chi connectivity index (χ1v) is 5.92. The molecule has 90 valence electrons. The average Bonchev–Trinajstić information content (AvgIpc) is 2.92. The van der Waals surface area contributed by atoms with Gasteiger partial charge >= 0.3 is 0 Å². The quantitative estimate of drug-likeness (QED) is 0.574. The predicted molar refractivity (Wildman–Crippen MR) is 61.5 cm³/mol. The number of nitrogens with zero attached hydrogens (tertiary/aromatic N) is 2. The molecule has 1 aromatic rings. The van der Waals surface area contributed by atoms with E-state index in [1.54, 1.807) is 0 Å². The first kappa shape index (κ1) is 11.6. The molecule has 0 radical (unpaired) electrons. The molecule has 0 saturated carbocycles. The number of aromatic nitrogens is 2. The molecular weight excluding hydrogens is 204 g/mol. The summed E-state index contributed by atoms with van der Waals surface area (Å²) < 4.78 is 7.44. The lowest BCUT2D eigenvalue weighted by molar-refractivity contribution is 0.175. The van der Waals surface area contributed by atoms with Crippen LogP contribution in [0.2, 0.25) is 0 Å². The Labute approximate surface area is 95.9 Å². The second-order valence-electron chi connectivity index (χ2n) is 4.25. The Balaban J connectivity index is 2.15. The summed E-state index contributed by atoms with van der Waals surface area (Å²) in [6.07, 6.45) is 3.98. The van der Waals surface area contributed by atoms with Gasteiger partial charge in [0.2, 0.25) is 0 Å². The fourth-order valence-corrected chi connectivity index (χ4v) is 2.28. The van der Waals surface area contributed by atoms with Gasteiger partial charge in [-0.05, 0) is 18.9 Å². The van der Waals surface area contributed by atoms with Crippen molar-refractivity contribution in [3.05, 3.63) is 18.0 Å². The van der Waals surface area contributed by atoms with E-state index < -0.39 is 0 Å². The highest BCUT2D eigenvalue weighted by Gasteiger charge is 2.28. The molecule has 0 amide bonds. The Hall–Kier alpha value is -0.910. The lowest BCUT2D eigenvalue weighted by Crippen LogP contribution is -2.35. The Morgan fingerprint density at radius 3 is 3.25 bits per heavy atom. The van der Waals surface area contributed by atoms with Gasteiger partial charge in [-0.2, -0.15) is 5.10 Å². The fourth-order valence-electron chi connectivity index (χ4n) is 2.28. The second kappa shape index (κ2) is 5.43. The fraction of sp³-hybridized carbons (Fsp3) is 0.727. The van der Waals surface area contributed by atoms with E-state index in [9.17, 15) is 0 Å². The summed E-state index contributed by atoms with van der Waals surface area (Å²) in [5, 5.41) is 4.33. The van der Waals surface area contributed by atoms with Gasteiger partial charge in [-0.3, -0.25) is 16.0 Å². The van der Waals surface area contributed by atoms with Gasteiger partial charge in [0.15, 0.2) is 0 Å². The molecule has 1 saturated heterocycles. The summed E-state index contributed by atoms with van der Waals surface area (Å²) in [6.45, 7) is 4.71. The molecule has 0 aromatic carbocycles. The summed E-state index contributed by atoms with van der Waals surface area (Å²) in [6, 6.07) is 2.19. The first-order valence-electron chi connectivity index (χ1n) is 5.92. The summed E-state index contributed by atoms with van der Waals surface area (Å²) >= 11 is 0. The van der Waals surface area contributed by atoms with Crippen LogP contribution in [0.3, 0.4) is 0 Å². The van der Waals surface area contributed by atoms with E-state index in [0.29, 0.717) is 5.92 Å². The van der Waals surface area contributed by atoms with Crippen molar-refractivity contribution >= 4 is 0 Å². The number of rotatable bonds is 5. The van der Waals surface area contributed by atoms with Crippen molar-refractivity contribution in [3.8, 4) is 0 Å². The van der Waals surface area contributed by atoms with Crippen LogP contribution in [0, 0.1) is 5.92 Å². The molecule has 1 aromatic heterocycles. The minimum Gasteiger partial charge on any atom is -0.381 e. The van der Waals surface area contributed by atoms with Crippen molar-refractivity contribution in [1.82, 2.24) is 15.2 Å². The maximum absolute atomic E-state index is 5.66. The van der Waals surface area contributed by atoms with Crippen LogP contribution in [0.15, 0.2) is 12.3 Å². The molecule has 16 heavy (non-hydrogen) atoms. The van der Waals surface area contributed by atoms with Crippen LogP contribution >= 0.6 is 0 Å². The minimum atomic E-state index is 0.150. The maximum Gasteiger partial charge on any atom is 0.0679 e. The third-order valence-corrected chi connectivity index (χ3v) is 3.12. The zero-order valence-corrected chi connectivity index (χ0v) is 9.72. The molecule has 2 heterocycles. The van der Waals surface area contributed by atoms with Crippen molar-refractivity contribution in [2.75, 3.05) is 13.2 Å². The molecule has 0 spiro atoms. The monoisotopic (exact) mass is 224 g/mol. The number of hydrazine groups is 1. The standard InChI is InChI=1S/C11H20N4O/c1-2-6-15-10(3-5-13-15)11(14-12)9-4-7-16-8-9/h3,5,9,11,14H,2,4,6-8,12H2,1H3. The third kappa shape index (κ3) is 2.26. The van der Waals surface area contributed by atoms with E-state index >= 15 is 0 Å². The van der Waals surface area contributed by atoms with E-state index in [0.717, 1.165) is 32.6 Å². The molecule has 2 unspecified atom stereocenters. The highest BCUT2D eigenvalue weighted by atomic mass is 16.5. The molecule has 1 aliphatic heterocycles. The van der Waals surface area contributed by atoms with Crippen molar-refractivity contribution in [1.29, 1.82) is 0 Å². The summed E-state index contributed by atoms with van der Waals surface area (Å²) in [5.74, 6) is 6.12. The lowest BCUT2D eigenvalue weighted by atomic mass is 9.97. The van der Waals surface area contributed by atoms with Crippen molar-refractivity contribution < 1.29 is 4.74 Å². The lowest BCUT2D eigenvalue weighted by Gasteiger charge is -2.22. The Kier molecular flexibility index (Phi) is 3.93. The van der Waals surface area contributed by atoms with E-state index in [1.807, 2.05) is 16.9 Å². The Bertz CT molecular complexity index is 320. The van der Waals surface area contributed by atoms with Crippen LogP contribution in [0.5, 0.6) is 0 Å². The van der Waals surface area contributed by atoms with Gasteiger partial charge in [-0.1, -0.05) is 6.92 Å². The summed E-state index contributed by atoms with van der Waals surface area (Å²) in [7, 11) is 0.